The van der Waals surface area contributed by atoms with Crippen LogP contribution >= 0.6 is 11.6 Å². The molecule has 1 aromatic carbocycles. The van der Waals surface area contributed by atoms with Gasteiger partial charge in [0, 0.05) is 17.3 Å². The standard InChI is InChI=1S/C20H13ClFN9/c21-17-13(22)5-11(7-27-17)9-1-3-10(4-2-9)16-14-15(25)12(6-23)18(26)30-19(14)31-20(29-16)28-8-24/h1-5,7,16H,(H6,25,26,28,29,30,31). The van der Waals surface area contributed by atoms with Gasteiger partial charge in [0.15, 0.2) is 17.2 Å². The van der Waals surface area contributed by atoms with Crippen molar-refractivity contribution in [3.63, 3.8) is 0 Å². The van der Waals surface area contributed by atoms with Crippen molar-refractivity contribution >= 4 is 34.9 Å². The summed E-state index contributed by atoms with van der Waals surface area (Å²) in [6, 6.07) is 9.66. The van der Waals surface area contributed by atoms with Crippen LogP contribution in [0, 0.1) is 28.6 Å². The summed E-state index contributed by atoms with van der Waals surface area (Å²) in [5.74, 6) is -0.201. The first kappa shape index (κ1) is 19.9. The summed E-state index contributed by atoms with van der Waals surface area (Å²) < 4.78 is 13.8. The minimum absolute atomic E-state index is 0.0316. The number of halogens is 2. The maximum Gasteiger partial charge on any atom is 0.211 e. The zero-order valence-electron chi connectivity index (χ0n) is 15.7. The summed E-state index contributed by atoms with van der Waals surface area (Å²) in [6.45, 7) is 0. The Kier molecular flexibility index (Phi) is 4.99. The highest BCUT2D eigenvalue weighted by Gasteiger charge is 2.29. The molecule has 31 heavy (non-hydrogen) atoms. The molecule has 1 aliphatic heterocycles. The highest BCUT2D eigenvalue weighted by Crippen LogP contribution is 2.40. The van der Waals surface area contributed by atoms with E-state index in [1.165, 1.54) is 12.3 Å². The number of nitrogens with zero attached hydrogens (tertiary/aromatic N) is 5. The molecule has 0 saturated carbocycles. The van der Waals surface area contributed by atoms with Gasteiger partial charge in [-0.1, -0.05) is 35.9 Å². The molecule has 1 unspecified atom stereocenters. The highest BCUT2D eigenvalue weighted by molar-refractivity contribution is 6.29. The molecule has 0 fully saturated rings. The summed E-state index contributed by atoms with van der Waals surface area (Å²) in [5.41, 5.74) is 14.7. The van der Waals surface area contributed by atoms with E-state index in [4.69, 9.17) is 28.3 Å². The van der Waals surface area contributed by atoms with Crippen LogP contribution in [0.1, 0.15) is 22.7 Å². The van der Waals surface area contributed by atoms with Gasteiger partial charge in [0.1, 0.15) is 29.3 Å². The smallest absolute Gasteiger partial charge is 0.211 e. The number of nitrogen functional groups attached to an aromatic ring is 2. The largest absolute Gasteiger partial charge is 0.397 e. The number of hydrogen-bond donors (Lipinski definition) is 4. The lowest BCUT2D eigenvalue weighted by molar-refractivity contribution is 0.622. The summed E-state index contributed by atoms with van der Waals surface area (Å²) in [6.07, 6.45) is 3.26. The Bertz CT molecular complexity index is 1310. The number of nitrogens with two attached hydrogens (primary N) is 2. The van der Waals surface area contributed by atoms with Crippen LogP contribution in [-0.4, -0.2) is 15.9 Å². The molecule has 0 saturated heterocycles. The Morgan fingerprint density at radius 2 is 1.90 bits per heavy atom. The lowest BCUT2D eigenvalue weighted by Gasteiger charge is -2.26. The molecule has 0 aliphatic carbocycles. The van der Waals surface area contributed by atoms with Crippen molar-refractivity contribution in [1.82, 2.24) is 15.3 Å². The maximum absolute atomic E-state index is 13.8. The SMILES string of the molecule is N#CNC1=NC(c2ccc(-c3cnc(Cl)c(F)c3)cc2)c2c(nc(N)c(C#N)c2N)N1. The third-order valence-corrected chi connectivity index (χ3v) is 4.99. The second-order valence-corrected chi connectivity index (χ2v) is 6.88. The highest BCUT2D eigenvalue weighted by atomic mass is 35.5. The minimum atomic E-state index is -0.665. The van der Waals surface area contributed by atoms with Gasteiger partial charge in [0.25, 0.3) is 0 Å². The van der Waals surface area contributed by atoms with Crippen LogP contribution in [0.25, 0.3) is 11.1 Å². The molecule has 3 aromatic rings. The first-order valence-corrected chi connectivity index (χ1v) is 9.21. The van der Waals surface area contributed by atoms with Crippen LogP contribution in [0.2, 0.25) is 5.15 Å². The first-order chi connectivity index (χ1) is 14.9. The molecule has 6 N–H and O–H groups in total. The molecular weight excluding hydrogens is 421 g/mol. The molecule has 0 bridgehead atoms. The molecule has 0 spiro atoms. The average Bonchev–Trinajstić information content (AvgIpc) is 2.75. The number of guanidine groups is 1. The van der Waals surface area contributed by atoms with Gasteiger partial charge in [-0.2, -0.15) is 10.5 Å². The Labute approximate surface area is 180 Å². The van der Waals surface area contributed by atoms with E-state index < -0.39 is 11.9 Å². The predicted octanol–water partition coefficient (Wildman–Crippen LogP) is 2.91. The Morgan fingerprint density at radius 1 is 1.16 bits per heavy atom. The molecule has 1 atom stereocenters. The second-order valence-electron chi connectivity index (χ2n) is 6.52. The topological polar surface area (TPSA) is 162 Å². The van der Waals surface area contributed by atoms with E-state index in [9.17, 15) is 9.65 Å². The number of nitriles is 2. The quantitative estimate of drug-likeness (QED) is 0.272. The van der Waals surface area contributed by atoms with Crippen LogP contribution in [0.5, 0.6) is 0 Å². The molecule has 4 rings (SSSR count). The van der Waals surface area contributed by atoms with Crippen molar-refractivity contribution in [2.45, 2.75) is 6.04 Å². The average molecular weight is 434 g/mol. The van der Waals surface area contributed by atoms with E-state index in [0.717, 1.165) is 0 Å². The van der Waals surface area contributed by atoms with Gasteiger partial charge < -0.3 is 16.8 Å². The van der Waals surface area contributed by atoms with Crippen molar-refractivity contribution in [1.29, 1.82) is 10.5 Å². The summed E-state index contributed by atoms with van der Waals surface area (Å²) >= 11 is 5.65. The van der Waals surface area contributed by atoms with Crippen LogP contribution in [0.4, 0.5) is 21.7 Å². The van der Waals surface area contributed by atoms with Crippen LogP contribution in [0.3, 0.4) is 0 Å². The summed E-state index contributed by atoms with van der Waals surface area (Å²) in [5, 5.41) is 23.5. The van der Waals surface area contributed by atoms with Crippen molar-refractivity contribution in [2.24, 2.45) is 4.99 Å². The molecule has 9 nitrogen and oxygen atoms in total. The van der Waals surface area contributed by atoms with Gasteiger partial charge >= 0.3 is 0 Å². The number of aliphatic imine (C=N–C) groups is 1. The van der Waals surface area contributed by atoms with Crippen LogP contribution < -0.4 is 22.1 Å². The van der Waals surface area contributed by atoms with Gasteiger partial charge in [-0.05, 0) is 17.2 Å². The molecule has 0 radical (unpaired) electrons. The maximum atomic E-state index is 13.8. The van der Waals surface area contributed by atoms with Gasteiger partial charge in [-0.25, -0.2) is 19.4 Å². The van der Waals surface area contributed by atoms with Gasteiger partial charge in [-0.15, -0.1) is 0 Å². The van der Waals surface area contributed by atoms with E-state index in [0.29, 0.717) is 28.1 Å². The summed E-state index contributed by atoms with van der Waals surface area (Å²) in [4.78, 5) is 12.5. The number of anilines is 3. The zero-order valence-corrected chi connectivity index (χ0v) is 16.4. The van der Waals surface area contributed by atoms with Crippen molar-refractivity contribution < 1.29 is 4.39 Å². The second kappa shape index (κ2) is 7.78. The first-order valence-electron chi connectivity index (χ1n) is 8.83. The summed E-state index contributed by atoms with van der Waals surface area (Å²) in [7, 11) is 0. The monoisotopic (exact) mass is 433 g/mol. The van der Waals surface area contributed by atoms with Gasteiger partial charge in [0.05, 0.1) is 5.69 Å². The Balaban J connectivity index is 1.81. The minimum Gasteiger partial charge on any atom is -0.397 e. The van der Waals surface area contributed by atoms with Crippen LogP contribution in [0.15, 0.2) is 41.5 Å². The number of aromatic nitrogens is 2. The molecule has 2 aromatic heterocycles. The molecule has 1 aliphatic rings. The fourth-order valence-corrected chi connectivity index (χ4v) is 3.36. The number of pyridine rings is 2. The molecule has 0 amide bonds. The number of rotatable bonds is 2. The number of hydrogen-bond acceptors (Lipinski definition) is 9. The number of benzene rings is 1. The van der Waals surface area contributed by atoms with Gasteiger partial charge in [0.2, 0.25) is 5.96 Å². The lowest BCUT2D eigenvalue weighted by atomic mass is 9.94. The van der Waals surface area contributed by atoms with Gasteiger partial charge in [-0.3, -0.25) is 5.32 Å². The third kappa shape index (κ3) is 3.52. The van der Waals surface area contributed by atoms with E-state index in [1.807, 2.05) is 6.07 Å². The number of fused-ring (bicyclic) bond motifs is 1. The van der Waals surface area contributed by atoms with E-state index in [1.54, 1.807) is 30.5 Å². The Hall–Kier alpha value is -4.41. The zero-order chi connectivity index (χ0) is 22.1. The van der Waals surface area contributed by atoms with Crippen molar-refractivity contribution in [2.75, 3.05) is 16.8 Å². The lowest BCUT2D eigenvalue weighted by Crippen LogP contribution is -2.32. The molecular formula is C20H13ClFN9. The fraction of sp³-hybridized carbons (Fsp3) is 0.0500. The van der Waals surface area contributed by atoms with Crippen molar-refractivity contribution in [3.8, 4) is 23.4 Å². The Morgan fingerprint density at radius 3 is 2.55 bits per heavy atom. The molecule has 11 heteroatoms. The third-order valence-electron chi connectivity index (χ3n) is 4.71. The molecule has 3 heterocycles. The van der Waals surface area contributed by atoms with Crippen molar-refractivity contribution in [3.05, 3.63) is 64.2 Å². The predicted molar refractivity (Wildman–Crippen MR) is 114 cm³/mol. The van der Waals surface area contributed by atoms with Crippen LogP contribution in [-0.2, 0) is 0 Å². The fourth-order valence-electron chi connectivity index (χ4n) is 3.26. The van der Waals surface area contributed by atoms with E-state index in [2.05, 4.69) is 25.6 Å². The van der Waals surface area contributed by atoms with E-state index in [-0.39, 0.29) is 28.2 Å². The number of nitrogens with one attached hydrogen (secondary N) is 2. The normalized spacial score (nSPS) is 14.5. The molecule has 152 valence electrons. The van der Waals surface area contributed by atoms with E-state index >= 15 is 0 Å².